The zero-order valence-electron chi connectivity index (χ0n) is 18.1. The summed E-state index contributed by atoms with van der Waals surface area (Å²) in [6.07, 6.45) is 3.96. The summed E-state index contributed by atoms with van der Waals surface area (Å²) in [4.78, 5) is 23.4. The number of pyridine rings is 1. The van der Waals surface area contributed by atoms with Crippen LogP contribution in [0, 0.1) is 0 Å². The first kappa shape index (κ1) is 24.5. The Morgan fingerprint density at radius 2 is 1.77 bits per heavy atom. The highest BCUT2D eigenvalue weighted by molar-refractivity contribution is 5.91. The maximum Gasteiger partial charge on any atom is 0.293 e. The second-order valence-electron chi connectivity index (χ2n) is 7.32. The molecule has 1 aromatic heterocycles. The molecule has 0 atom stereocenters. The van der Waals surface area contributed by atoms with Gasteiger partial charge in [0, 0.05) is 18.3 Å². The number of aromatic nitrogens is 1. The Bertz CT molecular complexity index is 933. The van der Waals surface area contributed by atoms with Crippen LogP contribution in [0.15, 0.2) is 72.9 Å². The van der Waals surface area contributed by atoms with E-state index in [1.807, 2.05) is 13.0 Å². The van der Waals surface area contributed by atoms with Gasteiger partial charge in [0.2, 0.25) is 0 Å². The second-order valence-corrected chi connectivity index (χ2v) is 7.32. The van der Waals surface area contributed by atoms with Gasteiger partial charge in [-0.2, -0.15) is 0 Å². The molecule has 0 aliphatic heterocycles. The van der Waals surface area contributed by atoms with E-state index in [-0.39, 0.29) is 18.3 Å². The van der Waals surface area contributed by atoms with E-state index in [1.54, 1.807) is 12.3 Å². The Hall–Kier alpha value is -2.73. The standard InChI is InChI=1S/C25H29N3O2.ClH/c1-3-30-27-25(29)24-15-14-23(18-26-24)22-13-7-11-21(17-22)19-28(2)16-8-12-20-9-5-4-6-10-20;/h4-7,9-11,13-15,17-18H,3,8,12,16,19H2,1-2H3,(H,27,29);1H. The summed E-state index contributed by atoms with van der Waals surface area (Å²) >= 11 is 0. The first-order valence-electron chi connectivity index (χ1n) is 10.4. The van der Waals surface area contributed by atoms with Crippen LogP contribution in [-0.4, -0.2) is 36.0 Å². The monoisotopic (exact) mass is 439 g/mol. The van der Waals surface area contributed by atoms with Crippen molar-refractivity contribution in [3.8, 4) is 11.1 Å². The lowest BCUT2D eigenvalue weighted by atomic mass is 10.0. The molecule has 0 unspecified atom stereocenters. The fraction of sp³-hybridized carbons (Fsp3) is 0.280. The van der Waals surface area contributed by atoms with E-state index >= 15 is 0 Å². The number of amides is 1. The third-order valence-electron chi connectivity index (χ3n) is 4.87. The fourth-order valence-electron chi connectivity index (χ4n) is 3.33. The lowest BCUT2D eigenvalue weighted by Crippen LogP contribution is -2.24. The number of rotatable bonds is 10. The van der Waals surface area contributed by atoms with E-state index in [2.05, 4.69) is 77.0 Å². The van der Waals surface area contributed by atoms with Gasteiger partial charge in [0.25, 0.3) is 5.91 Å². The minimum Gasteiger partial charge on any atom is -0.302 e. The average molecular weight is 440 g/mol. The zero-order valence-corrected chi connectivity index (χ0v) is 18.9. The van der Waals surface area contributed by atoms with Gasteiger partial charge in [-0.3, -0.25) is 14.6 Å². The highest BCUT2D eigenvalue weighted by Crippen LogP contribution is 2.20. The van der Waals surface area contributed by atoms with Gasteiger partial charge in [0.1, 0.15) is 5.69 Å². The highest BCUT2D eigenvalue weighted by Gasteiger charge is 2.08. The minimum atomic E-state index is -0.339. The maximum absolute atomic E-state index is 11.9. The second kappa shape index (κ2) is 12.8. The van der Waals surface area contributed by atoms with Crippen molar-refractivity contribution < 1.29 is 9.63 Å². The van der Waals surface area contributed by atoms with Crippen LogP contribution in [0.4, 0.5) is 0 Å². The van der Waals surface area contributed by atoms with E-state index in [1.165, 1.54) is 11.1 Å². The van der Waals surface area contributed by atoms with E-state index in [9.17, 15) is 4.79 Å². The van der Waals surface area contributed by atoms with Crippen LogP contribution in [0.5, 0.6) is 0 Å². The molecule has 3 aromatic rings. The van der Waals surface area contributed by atoms with Crippen molar-refractivity contribution in [1.29, 1.82) is 0 Å². The molecule has 0 saturated carbocycles. The smallest absolute Gasteiger partial charge is 0.293 e. The summed E-state index contributed by atoms with van der Waals surface area (Å²) in [6.45, 7) is 4.16. The third kappa shape index (κ3) is 7.79. The number of aryl methyl sites for hydroxylation is 1. The predicted octanol–water partition coefficient (Wildman–Crippen LogP) is 4.92. The van der Waals surface area contributed by atoms with Gasteiger partial charge in [0.15, 0.2) is 0 Å². The lowest BCUT2D eigenvalue weighted by Gasteiger charge is -2.17. The summed E-state index contributed by atoms with van der Waals surface area (Å²) in [5.41, 5.74) is 7.41. The topological polar surface area (TPSA) is 54.5 Å². The molecule has 3 rings (SSSR count). The van der Waals surface area contributed by atoms with Crippen molar-refractivity contribution >= 4 is 18.3 Å². The van der Waals surface area contributed by atoms with Gasteiger partial charge >= 0.3 is 0 Å². The number of nitrogens with one attached hydrogen (secondary N) is 1. The van der Waals surface area contributed by atoms with Crippen molar-refractivity contribution in [2.45, 2.75) is 26.3 Å². The van der Waals surface area contributed by atoms with Gasteiger partial charge in [-0.05, 0) is 62.2 Å². The molecule has 0 radical (unpaired) electrons. The quantitative estimate of drug-likeness (QED) is 0.456. The fourth-order valence-corrected chi connectivity index (χ4v) is 3.33. The van der Waals surface area contributed by atoms with Crippen molar-refractivity contribution in [3.63, 3.8) is 0 Å². The minimum absolute atomic E-state index is 0. The number of hydroxylamine groups is 1. The molecule has 5 nitrogen and oxygen atoms in total. The molecule has 0 fully saturated rings. The number of nitrogens with zero attached hydrogens (tertiary/aromatic N) is 2. The van der Waals surface area contributed by atoms with E-state index < -0.39 is 0 Å². The average Bonchev–Trinajstić information content (AvgIpc) is 2.78. The normalized spacial score (nSPS) is 10.5. The number of carbonyl (C=O) groups is 1. The Labute approximate surface area is 190 Å². The van der Waals surface area contributed by atoms with Crippen LogP contribution in [-0.2, 0) is 17.8 Å². The predicted molar refractivity (Wildman–Crippen MR) is 127 cm³/mol. The lowest BCUT2D eigenvalue weighted by molar-refractivity contribution is 0.0360. The maximum atomic E-state index is 11.9. The third-order valence-corrected chi connectivity index (χ3v) is 4.87. The summed E-state index contributed by atoms with van der Waals surface area (Å²) in [7, 11) is 2.16. The highest BCUT2D eigenvalue weighted by atomic mass is 35.5. The molecule has 1 heterocycles. The molecule has 0 bridgehead atoms. The molecule has 1 N–H and O–H groups in total. The largest absolute Gasteiger partial charge is 0.302 e. The van der Waals surface area contributed by atoms with Crippen LogP contribution in [0.1, 0.15) is 35.0 Å². The number of hydrogen-bond donors (Lipinski definition) is 1. The molecular weight excluding hydrogens is 410 g/mol. The summed E-state index contributed by atoms with van der Waals surface area (Å²) in [5.74, 6) is -0.339. The van der Waals surface area contributed by atoms with Gasteiger partial charge in [-0.1, -0.05) is 54.6 Å². The molecule has 1 amide bonds. The zero-order chi connectivity index (χ0) is 21.2. The van der Waals surface area contributed by atoms with Crippen LogP contribution in [0.3, 0.4) is 0 Å². The number of halogens is 1. The van der Waals surface area contributed by atoms with Crippen LogP contribution < -0.4 is 5.48 Å². The van der Waals surface area contributed by atoms with Crippen molar-refractivity contribution in [2.24, 2.45) is 0 Å². The van der Waals surface area contributed by atoms with E-state index in [0.29, 0.717) is 12.3 Å². The van der Waals surface area contributed by atoms with Crippen molar-refractivity contribution in [2.75, 3.05) is 20.2 Å². The molecule has 31 heavy (non-hydrogen) atoms. The van der Waals surface area contributed by atoms with Crippen LogP contribution in [0.2, 0.25) is 0 Å². The first-order chi connectivity index (χ1) is 14.7. The Balaban J connectivity index is 0.00000341. The van der Waals surface area contributed by atoms with Crippen LogP contribution >= 0.6 is 12.4 Å². The number of hydrogen-bond acceptors (Lipinski definition) is 4. The van der Waals surface area contributed by atoms with Gasteiger partial charge in [0.05, 0.1) is 6.61 Å². The molecule has 0 aliphatic carbocycles. The van der Waals surface area contributed by atoms with Gasteiger partial charge in [-0.15, -0.1) is 12.4 Å². The molecular formula is C25H30ClN3O2. The molecule has 0 spiro atoms. The summed E-state index contributed by atoms with van der Waals surface area (Å²) in [6, 6.07) is 22.7. The van der Waals surface area contributed by atoms with Gasteiger partial charge in [-0.25, -0.2) is 5.48 Å². The number of benzene rings is 2. The summed E-state index contributed by atoms with van der Waals surface area (Å²) < 4.78 is 0. The molecule has 164 valence electrons. The van der Waals surface area contributed by atoms with E-state index in [0.717, 1.165) is 37.1 Å². The Kier molecular flexibility index (Phi) is 10.2. The molecule has 0 aliphatic rings. The first-order valence-corrected chi connectivity index (χ1v) is 10.4. The summed E-state index contributed by atoms with van der Waals surface area (Å²) in [5, 5.41) is 0. The van der Waals surface area contributed by atoms with Gasteiger partial charge < -0.3 is 4.90 Å². The Morgan fingerprint density at radius 1 is 1.00 bits per heavy atom. The van der Waals surface area contributed by atoms with Crippen molar-refractivity contribution in [1.82, 2.24) is 15.4 Å². The van der Waals surface area contributed by atoms with E-state index in [4.69, 9.17) is 4.84 Å². The molecule has 0 saturated heterocycles. The molecule has 6 heteroatoms. The number of carbonyl (C=O) groups excluding carboxylic acids is 1. The molecule has 2 aromatic carbocycles. The SMILES string of the molecule is CCONC(=O)c1ccc(-c2cccc(CN(C)CCCc3ccccc3)c2)cn1.Cl. The van der Waals surface area contributed by atoms with Crippen LogP contribution in [0.25, 0.3) is 11.1 Å². The van der Waals surface area contributed by atoms with Crippen molar-refractivity contribution in [3.05, 3.63) is 89.7 Å². The Morgan fingerprint density at radius 3 is 2.48 bits per heavy atom.